The van der Waals surface area contributed by atoms with Crippen molar-refractivity contribution in [3.63, 3.8) is 0 Å². The number of rotatable bonds is 9. The molecule has 0 bridgehead atoms. The molecule has 0 aromatic heterocycles. The Morgan fingerprint density at radius 2 is 2.15 bits per heavy atom. The summed E-state index contributed by atoms with van der Waals surface area (Å²) in [6.45, 7) is 1.24. The fourth-order valence-corrected chi connectivity index (χ4v) is 1.24. The molecule has 4 N–H and O–H groups in total. The Morgan fingerprint density at radius 1 is 1.45 bits per heavy atom. The largest absolute Gasteiger partial charge is 0.454 e. The number of nitrogens with zero attached hydrogens (tertiary/aromatic N) is 3. The lowest BCUT2D eigenvalue weighted by molar-refractivity contribution is -0.151. The SMILES string of the molecule is CC(=O)NC(CCN)C(=O)OCC(=O)NCCN=[N+]=[N-]. The molecule has 0 aliphatic rings. The third kappa shape index (κ3) is 8.72. The van der Waals surface area contributed by atoms with Crippen molar-refractivity contribution in [3.8, 4) is 0 Å². The molecule has 20 heavy (non-hydrogen) atoms. The number of carbonyl (C=O) groups is 3. The zero-order valence-electron chi connectivity index (χ0n) is 11.2. The second-order valence-corrected chi connectivity index (χ2v) is 3.74. The molecule has 0 fully saturated rings. The molecule has 0 spiro atoms. The van der Waals surface area contributed by atoms with E-state index < -0.39 is 24.5 Å². The fourth-order valence-electron chi connectivity index (χ4n) is 1.24. The number of ether oxygens (including phenoxy) is 1. The number of hydrogen-bond donors (Lipinski definition) is 3. The van der Waals surface area contributed by atoms with Crippen molar-refractivity contribution in [2.24, 2.45) is 10.8 Å². The minimum Gasteiger partial charge on any atom is -0.454 e. The molecule has 0 aliphatic heterocycles. The van der Waals surface area contributed by atoms with Crippen molar-refractivity contribution in [2.75, 3.05) is 26.2 Å². The van der Waals surface area contributed by atoms with Gasteiger partial charge in [0, 0.05) is 24.9 Å². The van der Waals surface area contributed by atoms with Gasteiger partial charge in [0.15, 0.2) is 6.61 Å². The molecule has 0 aliphatic carbocycles. The molecule has 10 nitrogen and oxygen atoms in total. The molecule has 10 heteroatoms. The van der Waals surface area contributed by atoms with Crippen molar-refractivity contribution >= 4 is 17.8 Å². The molecule has 0 saturated heterocycles. The number of hydrogen-bond acceptors (Lipinski definition) is 6. The molecule has 1 atom stereocenters. The van der Waals surface area contributed by atoms with Crippen LogP contribution in [-0.2, 0) is 19.1 Å². The highest BCUT2D eigenvalue weighted by atomic mass is 16.5. The van der Waals surface area contributed by atoms with Crippen LogP contribution in [0.2, 0.25) is 0 Å². The summed E-state index contributed by atoms with van der Waals surface area (Å²) in [7, 11) is 0. The highest BCUT2D eigenvalue weighted by molar-refractivity contribution is 5.85. The van der Waals surface area contributed by atoms with Gasteiger partial charge in [-0.15, -0.1) is 0 Å². The van der Waals surface area contributed by atoms with Crippen molar-refractivity contribution in [3.05, 3.63) is 10.4 Å². The van der Waals surface area contributed by atoms with Crippen LogP contribution in [0.1, 0.15) is 13.3 Å². The summed E-state index contributed by atoms with van der Waals surface area (Å²) in [6.07, 6.45) is 0.219. The maximum atomic E-state index is 11.6. The maximum absolute atomic E-state index is 11.6. The summed E-state index contributed by atoms with van der Waals surface area (Å²) >= 11 is 0. The summed E-state index contributed by atoms with van der Waals surface area (Å²) in [4.78, 5) is 36.3. The molecule has 0 heterocycles. The minimum absolute atomic E-state index is 0.109. The van der Waals surface area contributed by atoms with Gasteiger partial charge in [-0.2, -0.15) is 0 Å². The number of esters is 1. The van der Waals surface area contributed by atoms with Gasteiger partial charge < -0.3 is 21.1 Å². The first-order valence-corrected chi connectivity index (χ1v) is 5.92. The van der Waals surface area contributed by atoms with E-state index in [4.69, 9.17) is 16.0 Å². The van der Waals surface area contributed by atoms with E-state index in [0.717, 1.165) is 0 Å². The zero-order valence-corrected chi connectivity index (χ0v) is 11.2. The highest BCUT2D eigenvalue weighted by Gasteiger charge is 2.20. The fraction of sp³-hybridized carbons (Fsp3) is 0.700. The van der Waals surface area contributed by atoms with Gasteiger partial charge in [-0.3, -0.25) is 9.59 Å². The Kier molecular flexibility index (Phi) is 9.36. The van der Waals surface area contributed by atoms with E-state index in [2.05, 4.69) is 20.7 Å². The summed E-state index contributed by atoms with van der Waals surface area (Å²) in [5.41, 5.74) is 13.3. The maximum Gasteiger partial charge on any atom is 0.329 e. The standard InChI is InChI=1S/C10H18N6O4/c1-7(17)15-8(2-3-11)10(19)20-6-9(18)13-4-5-14-16-12/h8H,2-6,11H2,1H3,(H,13,18)(H,15,17). The van der Waals surface area contributed by atoms with E-state index in [1.807, 2.05) is 0 Å². The summed E-state index contributed by atoms with van der Waals surface area (Å²) < 4.78 is 4.75. The number of azide groups is 1. The normalized spacial score (nSPS) is 10.9. The van der Waals surface area contributed by atoms with Crippen LogP contribution >= 0.6 is 0 Å². The second kappa shape index (κ2) is 10.6. The lowest BCUT2D eigenvalue weighted by Gasteiger charge is -2.15. The number of amides is 2. The number of carbonyl (C=O) groups excluding carboxylic acids is 3. The van der Waals surface area contributed by atoms with Gasteiger partial charge in [0.2, 0.25) is 5.91 Å². The average molecular weight is 286 g/mol. The first kappa shape index (κ1) is 17.7. The Hall–Kier alpha value is -2.32. The van der Waals surface area contributed by atoms with E-state index in [9.17, 15) is 14.4 Å². The van der Waals surface area contributed by atoms with Gasteiger partial charge in [-0.05, 0) is 18.5 Å². The van der Waals surface area contributed by atoms with Crippen LogP contribution in [0.4, 0.5) is 0 Å². The van der Waals surface area contributed by atoms with E-state index in [0.29, 0.717) is 0 Å². The quantitative estimate of drug-likeness (QED) is 0.159. The molecule has 112 valence electrons. The zero-order chi connectivity index (χ0) is 15.4. The smallest absolute Gasteiger partial charge is 0.329 e. The van der Waals surface area contributed by atoms with Crippen molar-refractivity contribution in [2.45, 2.75) is 19.4 Å². The Bertz CT molecular complexity index is 393. The van der Waals surface area contributed by atoms with Crippen LogP contribution in [0.3, 0.4) is 0 Å². The molecule has 0 aromatic carbocycles. The van der Waals surface area contributed by atoms with Crippen LogP contribution in [-0.4, -0.2) is 50.1 Å². The third-order valence-corrected chi connectivity index (χ3v) is 2.06. The van der Waals surface area contributed by atoms with Gasteiger partial charge in [0.1, 0.15) is 6.04 Å². The Balaban J connectivity index is 4.06. The van der Waals surface area contributed by atoms with Gasteiger partial charge in [0.25, 0.3) is 5.91 Å². The van der Waals surface area contributed by atoms with Crippen LogP contribution in [0.15, 0.2) is 5.11 Å². The predicted molar refractivity (Wildman–Crippen MR) is 69.3 cm³/mol. The summed E-state index contributed by atoms with van der Waals surface area (Å²) in [6, 6.07) is -0.867. The van der Waals surface area contributed by atoms with Crippen molar-refractivity contribution < 1.29 is 19.1 Å². The van der Waals surface area contributed by atoms with Gasteiger partial charge >= 0.3 is 5.97 Å². The molecule has 0 rings (SSSR count). The van der Waals surface area contributed by atoms with E-state index in [1.54, 1.807) is 0 Å². The summed E-state index contributed by atoms with van der Waals surface area (Å²) in [5.74, 6) is -1.64. The molecular formula is C10H18N6O4. The van der Waals surface area contributed by atoms with Gasteiger partial charge in [0.05, 0.1) is 0 Å². The minimum atomic E-state index is -0.867. The number of nitrogens with two attached hydrogens (primary N) is 1. The highest BCUT2D eigenvalue weighted by Crippen LogP contribution is 1.95. The number of nitrogens with one attached hydrogen (secondary N) is 2. The van der Waals surface area contributed by atoms with Crippen LogP contribution < -0.4 is 16.4 Å². The van der Waals surface area contributed by atoms with E-state index in [-0.39, 0.29) is 32.0 Å². The molecule has 0 aromatic rings. The first-order chi connectivity index (χ1) is 9.51. The molecule has 0 radical (unpaired) electrons. The molecule has 0 saturated carbocycles. The molecule has 2 amide bonds. The predicted octanol–water partition coefficient (Wildman–Crippen LogP) is -1.19. The van der Waals surface area contributed by atoms with Crippen LogP contribution in [0.25, 0.3) is 10.4 Å². The lowest BCUT2D eigenvalue weighted by atomic mass is 10.2. The Labute approximate surface area is 115 Å². The topological polar surface area (TPSA) is 159 Å². The van der Waals surface area contributed by atoms with Crippen molar-refractivity contribution in [1.82, 2.24) is 10.6 Å². The first-order valence-electron chi connectivity index (χ1n) is 5.92. The average Bonchev–Trinajstić information content (AvgIpc) is 2.40. The van der Waals surface area contributed by atoms with E-state index in [1.165, 1.54) is 6.92 Å². The van der Waals surface area contributed by atoms with Crippen LogP contribution in [0, 0.1) is 0 Å². The monoisotopic (exact) mass is 286 g/mol. The van der Waals surface area contributed by atoms with Gasteiger partial charge in [-0.1, -0.05) is 5.11 Å². The van der Waals surface area contributed by atoms with E-state index >= 15 is 0 Å². The van der Waals surface area contributed by atoms with Gasteiger partial charge in [-0.25, -0.2) is 4.79 Å². The second-order valence-electron chi connectivity index (χ2n) is 3.74. The lowest BCUT2D eigenvalue weighted by Crippen LogP contribution is -2.43. The Morgan fingerprint density at radius 3 is 2.70 bits per heavy atom. The third-order valence-electron chi connectivity index (χ3n) is 2.06. The summed E-state index contributed by atoms with van der Waals surface area (Å²) in [5, 5.41) is 8.00. The molecule has 1 unspecified atom stereocenters. The van der Waals surface area contributed by atoms with Crippen molar-refractivity contribution in [1.29, 1.82) is 0 Å². The molecular weight excluding hydrogens is 268 g/mol. The van der Waals surface area contributed by atoms with Crippen LogP contribution in [0.5, 0.6) is 0 Å².